The number of benzene rings is 1. The lowest BCUT2D eigenvalue weighted by molar-refractivity contribution is -0.0409. The third kappa shape index (κ3) is 2.54. The van der Waals surface area contributed by atoms with Crippen molar-refractivity contribution in [3.63, 3.8) is 0 Å². The van der Waals surface area contributed by atoms with E-state index in [9.17, 15) is 0 Å². The largest absolute Gasteiger partial charge is 0.399 e. The zero-order chi connectivity index (χ0) is 11.5. The van der Waals surface area contributed by atoms with Gasteiger partial charge in [-0.2, -0.15) is 0 Å². The first-order valence-corrected chi connectivity index (χ1v) is 5.84. The first-order valence-electron chi connectivity index (χ1n) is 5.84. The molecule has 1 aliphatic rings. The Morgan fingerprint density at radius 3 is 2.31 bits per heavy atom. The Kier molecular flexibility index (Phi) is 3.46. The summed E-state index contributed by atoms with van der Waals surface area (Å²) < 4.78 is 5.52. The third-order valence-corrected chi connectivity index (χ3v) is 3.20. The molecule has 0 saturated carbocycles. The van der Waals surface area contributed by atoms with E-state index in [0.717, 1.165) is 25.4 Å². The molecule has 1 aliphatic heterocycles. The van der Waals surface area contributed by atoms with Crippen molar-refractivity contribution in [1.29, 1.82) is 0 Å². The SMILES string of the molecule is C[C@H]1COC[C@H](C)N1Cc1ccc(N)cc1. The molecule has 1 saturated heterocycles. The van der Waals surface area contributed by atoms with Gasteiger partial charge in [-0.1, -0.05) is 12.1 Å². The molecule has 0 radical (unpaired) electrons. The molecule has 1 aromatic carbocycles. The van der Waals surface area contributed by atoms with E-state index in [1.807, 2.05) is 12.1 Å². The number of ether oxygens (including phenoxy) is 1. The number of nitrogen functional groups attached to an aromatic ring is 1. The van der Waals surface area contributed by atoms with Crippen molar-refractivity contribution < 1.29 is 4.74 Å². The molecule has 0 unspecified atom stereocenters. The Morgan fingerprint density at radius 1 is 1.19 bits per heavy atom. The number of nitrogens with zero attached hydrogens (tertiary/aromatic N) is 1. The number of hydrogen-bond acceptors (Lipinski definition) is 3. The van der Waals surface area contributed by atoms with Crippen LogP contribution in [0.2, 0.25) is 0 Å². The minimum absolute atomic E-state index is 0.487. The molecule has 1 aromatic rings. The molecule has 1 heterocycles. The zero-order valence-electron chi connectivity index (χ0n) is 10.0. The van der Waals surface area contributed by atoms with Crippen molar-refractivity contribution in [2.75, 3.05) is 18.9 Å². The molecule has 88 valence electrons. The van der Waals surface area contributed by atoms with Gasteiger partial charge >= 0.3 is 0 Å². The third-order valence-electron chi connectivity index (χ3n) is 3.20. The predicted octanol–water partition coefficient (Wildman–Crippen LogP) is 1.88. The van der Waals surface area contributed by atoms with E-state index in [4.69, 9.17) is 10.5 Å². The first kappa shape index (κ1) is 11.4. The highest BCUT2D eigenvalue weighted by Gasteiger charge is 2.24. The zero-order valence-corrected chi connectivity index (χ0v) is 10.0. The minimum Gasteiger partial charge on any atom is -0.399 e. The summed E-state index contributed by atoms with van der Waals surface area (Å²) in [6, 6.07) is 9.10. The molecule has 0 aromatic heterocycles. The fourth-order valence-electron chi connectivity index (χ4n) is 2.18. The minimum atomic E-state index is 0.487. The monoisotopic (exact) mass is 220 g/mol. The van der Waals surface area contributed by atoms with E-state index in [1.165, 1.54) is 5.56 Å². The maximum Gasteiger partial charge on any atom is 0.0620 e. The van der Waals surface area contributed by atoms with E-state index >= 15 is 0 Å². The average molecular weight is 220 g/mol. The van der Waals surface area contributed by atoms with Crippen molar-refractivity contribution in [1.82, 2.24) is 4.90 Å². The molecule has 3 nitrogen and oxygen atoms in total. The van der Waals surface area contributed by atoms with Gasteiger partial charge in [-0.05, 0) is 31.5 Å². The smallest absolute Gasteiger partial charge is 0.0620 e. The number of anilines is 1. The summed E-state index contributed by atoms with van der Waals surface area (Å²) in [6.45, 7) is 7.07. The molecule has 0 amide bonds. The Labute approximate surface area is 97.2 Å². The second-order valence-corrected chi connectivity index (χ2v) is 4.65. The summed E-state index contributed by atoms with van der Waals surface area (Å²) in [5, 5.41) is 0. The Hall–Kier alpha value is -1.06. The topological polar surface area (TPSA) is 38.5 Å². The van der Waals surface area contributed by atoms with Crippen LogP contribution in [0.3, 0.4) is 0 Å². The number of nitrogens with two attached hydrogens (primary N) is 1. The van der Waals surface area contributed by atoms with Crippen molar-refractivity contribution in [2.45, 2.75) is 32.5 Å². The van der Waals surface area contributed by atoms with Crippen molar-refractivity contribution in [3.8, 4) is 0 Å². The molecule has 2 atom stereocenters. The van der Waals surface area contributed by atoms with Gasteiger partial charge in [0.1, 0.15) is 0 Å². The van der Waals surface area contributed by atoms with Crippen LogP contribution in [-0.2, 0) is 11.3 Å². The second-order valence-electron chi connectivity index (χ2n) is 4.65. The summed E-state index contributed by atoms with van der Waals surface area (Å²) >= 11 is 0. The van der Waals surface area contributed by atoms with Gasteiger partial charge in [0.15, 0.2) is 0 Å². The normalized spacial score (nSPS) is 26.9. The van der Waals surface area contributed by atoms with E-state index in [-0.39, 0.29) is 0 Å². The highest BCUT2D eigenvalue weighted by Crippen LogP contribution is 2.17. The molecule has 2 N–H and O–H groups in total. The van der Waals surface area contributed by atoms with Crippen LogP contribution in [0, 0.1) is 0 Å². The van der Waals surface area contributed by atoms with Crippen LogP contribution in [-0.4, -0.2) is 30.2 Å². The molecule has 1 fully saturated rings. The molecule has 0 bridgehead atoms. The van der Waals surface area contributed by atoms with Gasteiger partial charge in [-0.15, -0.1) is 0 Å². The number of morpholine rings is 1. The lowest BCUT2D eigenvalue weighted by atomic mass is 10.1. The molecule has 16 heavy (non-hydrogen) atoms. The summed E-state index contributed by atoms with van der Waals surface area (Å²) in [5.41, 5.74) is 7.82. The number of hydrogen-bond donors (Lipinski definition) is 1. The van der Waals surface area contributed by atoms with Gasteiger partial charge in [-0.25, -0.2) is 0 Å². The van der Waals surface area contributed by atoms with Gasteiger partial charge in [-0.3, -0.25) is 4.90 Å². The van der Waals surface area contributed by atoms with Gasteiger partial charge in [0.05, 0.1) is 13.2 Å². The molecular formula is C13H20N2O. The number of rotatable bonds is 2. The summed E-state index contributed by atoms with van der Waals surface area (Å²) in [5.74, 6) is 0. The van der Waals surface area contributed by atoms with Gasteiger partial charge in [0, 0.05) is 24.3 Å². The molecular weight excluding hydrogens is 200 g/mol. The van der Waals surface area contributed by atoms with E-state index in [0.29, 0.717) is 12.1 Å². The Balaban J connectivity index is 2.04. The Morgan fingerprint density at radius 2 is 1.75 bits per heavy atom. The summed E-state index contributed by atoms with van der Waals surface area (Å²) in [4.78, 5) is 2.48. The second kappa shape index (κ2) is 4.85. The van der Waals surface area contributed by atoms with Crippen molar-refractivity contribution in [3.05, 3.63) is 29.8 Å². The van der Waals surface area contributed by atoms with Crippen LogP contribution in [0.15, 0.2) is 24.3 Å². The van der Waals surface area contributed by atoms with E-state index in [1.54, 1.807) is 0 Å². The maximum absolute atomic E-state index is 5.68. The highest BCUT2D eigenvalue weighted by atomic mass is 16.5. The van der Waals surface area contributed by atoms with Gasteiger partial charge in [0.25, 0.3) is 0 Å². The van der Waals surface area contributed by atoms with Gasteiger partial charge in [0.2, 0.25) is 0 Å². The van der Waals surface area contributed by atoms with Crippen LogP contribution in [0.25, 0.3) is 0 Å². The fourth-order valence-corrected chi connectivity index (χ4v) is 2.18. The molecule has 3 heteroatoms. The van der Waals surface area contributed by atoms with Gasteiger partial charge < -0.3 is 10.5 Å². The van der Waals surface area contributed by atoms with Crippen molar-refractivity contribution in [2.24, 2.45) is 0 Å². The maximum atomic E-state index is 5.68. The molecule has 2 rings (SSSR count). The average Bonchev–Trinajstić information content (AvgIpc) is 2.26. The molecule has 0 spiro atoms. The first-order chi connectivity index (χ1) is 7.66. The lowest BCUT2D eigenvalue weighted by Gasteiger charge is -2.38. The highest BCUT2D eigenvalue weighted by molar-refractivity contribution is 5.39. The lowest BCUT2D eigenvalue weighted by Crippen LogP contribution is -2.48. The van der Waals surface area contributed by atoms with Crippen LogP contribution in [0.1, 0.15) is 19.4 Å². The molecule has 0 aliphatic carbocycles. The van der Waals surface area contributed by atoms with Crippen molar-refractivity contribution >= 4 is 5.69 Å². The Bertz CT molecular complexity index is 326. The summed E-state index contributed by atoms with van der Waals surface area (Å²) in [6.07, 6.45) is 0. The predicted molar refractivity (Wildman–Crippen MR) is 66.1 cm³/mol. The van der Waals surface area contributed by atoms with Crippen LogP contribution < -0.4 is 5.73 Å². The van der Waals surface area contributed by atoms with E-state index in [2.05, 4.69) is 30.9 Å². The van der Waals surface area contributed by atoms with E-state index < -0.39 is 0 Å². The fraction of sp³-hybridized carbons (Fsp3) is 0.538. The standard InChI is InChI=1S/C13H20N2O/c1-10-8-16-9-11(2)15(10)7-12-3-5-13(14)6-4-12/h3-6,10-11H,7-9,14H2,1-2H3/t10-,11-/m0/s1. The van der Waals surface area contributed by atoms with Crippen LogP contribution in [0.4, 0.5) is 5.69 Å². The summed E-state index contributed by atoms with van der Waals surface area (Å²) in [7, 11) is 0. The quantitative estimate of drug-likeness (QED) is 0.773. The van der Waals surface area contributed by atoms with Crippen LogP contribution in [0.5, 0.6) is 0 Å². The van der Waals surface area contributed by atoms with Crippen LogP contribution >= 0.6 is 0 Å².